The lowest BCUT2D eigenvalue weighted by Crippen LogP contribution is -2.40. The third-order valence-electron chi connectivity index (χ3n) is 5.65. The summed E-state index contributed by atoms with van der Waals surface area (Å²) in [5.74, 6) is -2.39. The van der Waals surface area contributed by atoms with Crippen molar-refractivity contribution in [2.75, 3.05) is 17.4 Å². The first kappa shape index (κ1) is 22.6. The number of fused-ring (bicyclic) bond motifs is 1. The van der Waals surface area contributed by atoms with E-state index in [4.69, 9.17) is 0 Å². The number of alkyl halides is 3. The van der Waals surface area contributed by atoms with Crippen LogP contribution in [0.5, 0.6) is 5.75 Å². The number of nitrogens with one attached hydrogen (secondary N) is 2. The van der Waals surface area contributed by atoms with Crippen LogP contribution < -0.4 is 14.3 Å². The van der Waals surface area contributed by atoms with Gasteiger partial charge in [-0.2, -0.15) is 21.6 Å². The van der Waals surface area contributed by atoms with Crippen LogP contribution in [0.1, 0.15) is 37.8 Å². The highest BCUT2D eigenvalue weighted by atomic mass is 32.2. The Labute approximate surface area is 171 Å². The Hall–Kier alpha value is -2.08. The molecule has 1 atom stereocenters. The highest BCUT2D eigenvalue weighted by molar-refractivity contribution is 7.92. The minimum absolute atomic E-state index is 0.0813. The molecule has 2 aliphatic rings. The van der Waals surface area contributed by atoms with Gasteiger partial charge >= 0.3 is 16.4 Å². The number of phenols is 1. The molecular weight excluding hydrogens is 430 g/mol. The maximum atomic E-state index is 15.2. The first-order chi connectivity index (χ1) is 13.7. The minimum atomic E-state index is -4.33. The van der Waals surface area contributed by atoms with Gasteiger partial charge in [0.1, 0.15) is 18.0 Å². The number of aryl methyl sites for hydroxylation is 1. The van der Waals surface area contributed by atoms with E-state index in [9.17, 15) is 31.5 Å². The molecule has 0 saturated carbocycles. The van der Waals surface area contributed by atoms with Crippen LogP contribution in [0.25, 0.3) is 0 Å². The normalized spacial score (nSPS) is 21.5. The van der Waals surface area contributed by atoms with Gasteiger partial charge < -0.3 is 10.4 Å². The molecule has 0 spiro atoms. The summed E-state index contributed by atoms with van der Waals surface area (Å²) in [7, 11) is -4.31. The van der Waals surface area contributed by atoms with E-state index in [1.807, 2.05) is 0 Å². The minimum Gasteiger partial charge on any atom is -0.506 e. The second-order valence-corrected chi connectivity index (χ2v) is 9.85. The summed E-state index contributed by atoms with van der Waals surface area (Å²) < 4.78 is 80.4. The molecule has 30 heavy (non-hydrogen) atoms. The van der Waals surface area contributed by atoms with Gasteiger partial charge in [0.2, 0.25) is 0 Å². The van der Waals surface area contributed by atoms with E-state index in [1.165, 1.54) is 6.07 Å². The first-order valence-corrected chi connectivity index (χ1v) is 10.8. The fraction of sp³-hybridized carbons (Fsp3) is 0.611. The maximum absolute atomic E-state index is 15.2. The zero-order valence-corrected chi connectivity index (χ0v) is 17.3. The number of rotatable bonds is 5. The molecule has 1 aromatic rings. The number of halogens is 4. The number of nitrogens with zero attached hydrogens (tertiary/aromatic N) is 1. The summed E-state index contributed by atoms with van der Waals surface area (Å²) in [5.41, 5.74) is -1.79. The number of anilines is 1. The zero-order valence-electron chi connectivity index (χ0n) is 16.4. The van der Waals surface area contributed by atoms with Crippen LogP contribution in [-0.4, -0.2) is 44.7 Å². The predicted octanol–water partition coefficient (Wildman–Crippen LogP) is 2.14. The summed E-state index contributed by atoms with van der Waals surface area (Å²) >= 11 is 0. The first-order valence-electron chi connectivity index (χ1n) is 9.39. The Balaban J connectivity index is 1.78. The van der Waals surface area contributed by atoms with Crippen molar-refractivity contribution in [2.24, 2.45) is 5.41 Å². The lowest BCUT2D eigenvalue weighted by atomic mass is 9.86. The zero-order chi connectivity index (χ0) is 22.5. The smallest absolute Gasteiger partial charge is 0.394 e. The summed E-state index contributed by atoms with van der Waals surface area (Å²) in [5, 5.41) is 13.2. The van der Waals surface area contributed by atoms with Crippen molar-refractivity contribution < 1.29 is 35.9 Å². The van der Waals surface area contributed by atoms with Gasteiger partial charge in [0, 0.05) is 6.04 Å². The number of amides is 1. The number of phenolic OH excluding ortho intramolecular Hbond substituents is 1. The molecule has 7 nitrogen and oxygen atoms in total. The van der Waals surface area contributed by atoms with E-state index in [0.717, 1.165) is 13.8 Å². The quantitative estimate of drug-likeness (QED) is 0.594. The number of hydrogen-bond acceptors (Lipinski definition) is 5. The predicted molar refractivity (Wildman–Crippen MR) is 101 cm³/mol. The van der Waals surface area contributed by atoms with E-state index in [2.05, 4.69) is 5.32 Å². The van der Waals surface area contributed by atoms with Crippen molar-refractivity contribution in [3.8, 4) is 5.75 Å². The van der Waals surface area contributed by atoms with Crippen molar-refractivity contribution in [1.29, 1.82) is 0 Å². The van der Waals surface area contributed by atoms with Crippen LogP contribution >= 0.6 is 0 Å². The maximum Gasteiger partial charge on any atom is 0.394 e. The molecule has 3 rings (SSSR count). The molecule has 1 saturated heterocycles. The Kier molecular flexibility index (Phi) is 5.69. The topological polar surface area (TPSA) is 98.7 Å². The highest BCUT2D eigenvalue weighted by Crippen LogP contribution is 2.41. The van der Waals surface area contributed by atoms with Crippen LogP contribution in [0.4, 0.5) is 23.2 Å². The van der Waals surface area contributed by atoms with Crippen LogP contribution in [0.3, 0.4) is 0 Å². The number of aromatic hydroxyl groups is 1. The van der Waals surface area contributed by atoms with Crippen LogP contribution in [0, 0.1) is 11.2 Å². The van der Waals surface area contributed by atoms with Gasteiger partial charge in [-0.15, -0.1) is 0 Å². The number of hydrogen-bond donors (Lipinski definition) is 3. The van der Waals surface area contributed by atoms with E-state index >= 15 is 4.39 Å². The van der Waals surface area contributed by atoms with Crippen molar-refractivity contribution in [3.05, 3.63) is 23.0 Å². The van der Waals surface area contributed by atoms with Gasteiger partial charge in [-0.1, -0.05) is 13.8 Å². The molecule has 0 radical (unpaired) electrons. The van der Waals surface area contributed by atoms with Crippen molar-refractivity contribution >= 4 is 21.8 Å². The molecule has 1 fully saturated rings. The van der Waals surface area contributed by atoms with E-state index < -0.39 is 51.5 Å². The summed E-state index contributed by atoms with van der Waals surface area (Å²) in [6.07, 6.45) is -3.47. The largest absolute Gasteiger partial charge is 0.506 e. The lowest BCUT2D eigenvalue weighted by Gasteiger charge is -2.31. The SMILES string of the molecule is CC(C)(CCN[C@@H]1CCc2cc(O)c(N3CC(=O)NS3(=O)=O)c(F)c2C1)C(F)(F)F. The van der Waals surface area contributed by atoms with Gasteiger partial charge in [0.25, 0.3) is 5.91 Å². The fourth-order valence-electron chi connectivity index (χ4n) is 3.63. The Morgan fingerprint density at radius 2 is 2.00 bits per heavy atom. The second kappa shape index (κ2) is 7.56. The van der Waals surface area contributed by atoms with Gasteiger partial charge in [0.05, 0.1) is 5.41 Å². The molecule has 168 valence electrons. The number of carbonyl (C=O) groups excluding carboxylic acids is 1. The molecule has 12 heteroatoms. The van der Waals surface area contributed by atoms with Gasteiger partial charge in [-0.05, 0) is 49.4 Å². The lowest BCUT2D eigenvalue weighted by molar-refractivity contribution is -0.213. The molecule has 1 aromatic carbocycles. The van der Waals surface area contributed by atoms with Crippen LogP contribution in [-0.2, 0) is 27.8 Å². The fourth-order valence-corrected chi connectivity index (χ4v) is 4.79. The Bertz CT molecular complexity index is 963. The van der Waals surface area contributed by atoms with Crippen LogP contribution in [0.15, 0.2) is 6.07 Å². The van der Waals surface area contributed by atoms with Crippen molar-refractivity contribution in [2.45, 2.75) is 51.7 Å². The highest BCUT2D eigenvalue weighted by Gasteiger charge is 2.46. The second-order valence-electron chi connectivity index (χ2n) is 8.26. The molecule has 1 heterocycles. The molecule has 1 aliphatic heterocycles. The standard InChI is InChI=1S/C18H23F4N3O4S/c1-17(2,18(20,21)22)5-6-23-11-4-3-10-7-13(26)16(15(19)12(10)8-11)25-9-14(27)24-30(25,28)29/h7,11,23,26H,3-6,8-9H2,1-2H3,(H,24,27)/t11-/m1/s1. The van der Waals surface area contributed by atoms with Gasteiger partial charge in [0.15, 0.2) is 5.82 Å². The average Bonchev–Trinajstić information content (AvgIpc) is 2.86. The average molecular weight is 453 g/mol. The molecule has 1 amide bonds. The molecule has 0 unspecified atom stereocenters. The van der Waals surface area contributed by atoms with Crippen molar-refractivity contribution in [1.82, 2.24) is 10.0 Å². The monoisotopic (exact) mass is 453 g/mol. The Morgan fingerprint density at radius 3 is 2.57 bits per heavy atom. The molecule has 3 N–H and O–H groups in total. The third kappa shape index (κ3) is 4.20. The van der Waals surface area contributed by atoms with E-state index in [1.54, 1.807) is 4.72 Å². The number of benzene rings is 1. The van der Waals surface area contributed by atoms with Crippen molar-refractivity contribution in [3.63, 3.8) is 0 Å². The summed E-state index contributed by atoms with van der Waals surface area (Å²) in [6.45, 7) is 1.66. The summed E-state index contributed by atoms with van der Waals surface area (Å²) in [6, 6.07) is 0.970. The third-order valence-corrected chi connectivity index (χ3v) is 7.02. The van der Waals surface area contributed by atoms with Gasteiger partial charge in [-0.3, -0.25) is 4.79 Å². The van der Waals surface area contributed by atoms with E-state index in [-0.39, 0.29) is 31.0 Å². The molecular formula is C18H23F4N3O4S. The van der Waals surface area contributed by atoms with Gasteiger partial charge in [-0.25, -0.2) is 13.4 Å². The number of carbonyl (C=O) groups is 1. The Morgan fingerprint density at radius 1 is 1.33 bits per heavy atom. The molecule has 0 bridgehead atoms. The van der Waals surface area contributed by atoms with E-state index in [0.29, 0.717) is 22.7 Å². The molecule has 0 aromatic heterocycles. The van der Waals surface area contributed by atoms with Crippen LogP contribution in [0.2, 0.25) is 0 Å². The summed E-state index contributed by atoms with van der Waals surface area (Å²) in [4.78, 5) is 11.4. The molecule has 1 aliphatic carbocycles.